The lowest BCUT2D eigenvalue weighted by molar-refractivity contribution is -0.129. The minimum atomic E-state index is -0.0150. The van der Waals surface area contributed by atoms with Crippen molar-refractivity contribution in [1.29, 1.82) is 0 Å². The lowest BCUT2D eigenvalue weighted by Gasteiger charge is -2.31. The molecule has 2 rings (SSSR count). The zero-order valence-corrected chi connectivity index (χ0v) is 8.38. The van der Waals surface area contributed by atoms with Crippen LogP contribution in [0.15, 0.2) is 12.2 Å². The monoisotopic (exact) mass is 178 g/mol. The van der Waals surface area contributed by atoms with Gasteiger partial charge in [-0.15, -0.1) is 0 Å². The maximum Gasteiger partial charge on any atom is 0.142 e. The molecule has 2 bridgehead atoms. The first-order valence-electron chi connectivity index (χ1n) is 5.49. The smallest absolute Gasteiger partial charge is 0.142 e. The zero-order valence-electron chi connectivity index (χ0n) is 8.38. The summed E-state index contributed by atoms with van der Waals surface area (Å²) in [7, 11) is 0. The first kappa shape index (κ1) is 8.98. The molecule has 0 heterocycles. The number of carbonyl (C=O) groups excluding carboxylic acids is 1. The van der Waals surface area contributed by atoms with E-state index in [1.807, 2.05) is 0 Å². The second kappa shape index (κ2) is 3.28. The van der Waals surface area contributed by atoms with Crippen LogP contribution in [0.2, 0.25) is 0 Å². The molecule has 0 aromatic rings. The highest BCUT2D eigenvalue weighted by Crippen LogP contribution is 2.47. The molecule has 1 saturated carbocycles. The Kier molecular flexibility index (Phi) is 2.27. The molecule has 0 N–H and O–H groups in total. The van der Waals surface area contributed by atoms with Crippen LogP contribution in [0.3, 0.4) is 0 Å². The largest absolute Gasteiger partial charge is 0.299 e. The summed E-state index contributed by atoms with van der Waals surface area (Å²) in [5, 5.41) is 0. The third-order valence-electron chi connectivity index (χ3n) is 3.59. The average Bonchev–Trinajstić information content (AvgIpc) is 2.50. The van der Waals surface area contributed by atoms with Crippen LogP contribution in [0, 0.1) is 11.3 Å². The van der Waals surface area contributed by atoms with Crippen LogP contribution in [0.4, 0.5) is 0 Å². The van der Waals surface area contributed by atoms with E-state index in [1.54, 1.807) is 0 Å². The van der Waals surface area contributed by atoms with E-state index in [2.05, 4.69) is 19.1 Å². The van der Waals surface area contributed by atoms with Crippen LogP contribution in [0.25, 0.3) is 0 Å². The summed E-state index contributed by atoms with van der Waals surface area (Å²) in [5.74, 6) is 1.22. The van der Waals surface area contributed by atoms with Crippen molar-refractivity contribution >= 4 is 5.78 Å². The highest BCUT2D eigenvalue weighted by molar-refractivity contribution is 5.88. The van der Waals surface area contributed by atoms with Crippen molar-refractivity contribution in [2.45, 2.75) is 45.4 Å². The first-order valence-corrected chi connectivity index (χ1v) is 5.49. The van der Waals surface area contributed by atoms with Gasteiger partial charge in [-0.2, -0.15) is 0 Å². The van der Waals surface area contributed by atoms with Crippen molar-refractivity contribution in [3.63, 3.8) is 0 Å². The number of carbonyl (C=O) groups is 1. The molecule has 0 aromatic carbocycles. The third kappa shape index (κ3) is 1.45. The average molecular weight is 178 g/mol. The van der Waals surface area contributed by atoms with Crippen LogP contribution in [0.5, 0.6) is 0 Å². The summed E-state index contributed by atoms with van der Waals surface area (Å²) in [6, 6.07) is 0. The SMILES string of the molecule is CCCCC12C=CC(CCC1=O)C2. The minimum Gasteiger partial charge on any atom is -0.299 e. The Hall–Kier alpha value is -0.590. The molecule has 2 atom stereocenters. The number of hydrogen-bond donors (Lipinski definition) is 0. The molecule has 0 amide bonds. The van der Waals surface area contributed by atoms with E-state index < -0.39 is 0 Å². The highest BCUT2D eigenvalue weighted by Gasteiger charge is 2.43. The Morgan fingerprint density at radius 3 is 3.23 bits per heavy atom. The van der Waals surface area contributed by atoms with Gasteiger partial charge in [0.15, 0.2) is 0 Å². The quantitative estimate of drug-likeness (QED) is 0.607. The van der Waals surface area contributed by atoms with Crippen molar-refractivity contribution in [2.24, 2.45) is 11.3 Å². The highest BCUT2D eigenvalue weighted by atomic mass is 16.1. The number of ketones is 1. The van der Waals surface area contributed by atoms with E-state index in [0.717, 1.165) is 31.6 Å². The van der Waals surface area contributed by atoms with Crippen LogP contribution < -0.4 is 0 Å². The fourth-order valence-corrected chi connectivity index (χ4v) is 2.71. The van der Waals surface area contributed by atoms with E-state index in [9.17, 15) is 4.79 Å². The Labute approximate surface area is 80.2 Å². The van der Waals surface area contributed by atoms with Gasteiger partial charge in [0.25, 0.3) is 0 Å². The number of unbranched alkanes of at least 4 members (excludes halogenated alkanes) is 1. The van der Waals surface area contributed by atoms with Gasteiger partial charge >= 0.3 is 0 Å². The molecule has 2 unspecified atom stereocenters. The fourth-order valence-electron chi connectivity index (χ4n) is 2.71. The molecule has 0 saturated heterocycles. The molecule has 1 fully saturated rings. The molecule has 1 nitrogen and oxygen atoms in total. The van der Waals surface area contributed by atoms with E-state index in [1.165, 1.54) is 12.8 Å². The van der Waals surface area contributed by atoms with Crippen LogP contribution in [-0.2, 0) is 4.79 Å². The topological polar surface area (TPSA) is 17.1 Å². The Morgan fingerprint density at radius 2 is 2.46 bits per heavy atom. The molecule has 0 radical (unpaired) electrons. The van der Waals surface area contributed by atoms with E-state index in [0.29, 0.717) is 5.78 Å². The molecule has 13 heavy (non-hydrogen) atoms. The van der Waals surface area contributed by atoms with Gasteiger partial charge in [0.1, 0.15) is 5.78 Å². The lowest BCUT2D eigenvalue weighted by atomic mass is 9.71. The van der Waals surface area contributed by atoms with Gasteiger partial charge in [0.05, 0.1) is 0 Å². The van der Waals surface area contributed by atoms with Gasteiger partial charge in [-0.3, -0.25) is 4.79 Å². The van der Waals surface area contributed by atoms with E-state index >= 15 is 0 Å². The maximum absolute atomic E-state index is 11.8. The summed E-state index contributed by atoms with van der Waals surface area (Å²) in [6.07, 6.45) is 11.0. The van der Waals surface area contributed by atoms with Crippen molar-refractivity contribution in [3.05, 3.63) is 12.2 Å². The van der Waals surface area contributed by atoms with Crippen LogP contribution in [-0.4, -0.2) is 5.78 Å². The fraction of sp³-hybridized carbons (Fsp3) is 0.750. The minimum absolute atomic E-state index is 0.0150. The van der Waals surface area contributed by atoms with Gasteiger partial charge in [-0.25, -0.2) is 0 Å². The van der Waals surface area contributed by atoms with E-state index in [-0.39, 0.29) is 5.41 Å². The number of allylic oxidation sites excluding steroid dienone is 2. The summed E-state index contributed by atoms with van der Waals surface area (Å²) in [5.41, 5.74) is -0.0150. The second-order valence-electron chi connectivity index (χ2n) is 4.54. The molecule has 1 heteroatoms. The predicted molar refractivity (Wildman–Crippen MR) is 53.4 cm³/mol. The predicted octanol–water partition coefficient (Wildman–Crippen LogP) is 3.10. The van der Waals surface area contributed by atoms with Crippen LogP contribution in [0.1, 0.15) is 45.4 Å². The van der Waals surface area contributed by atoms with Crippen molar-refractivity contribution in [1.82, 2.24) is 0 Å². The number of Topliss-reactive ketones (excluding diaryl/α,β-unsaturated/α-hetero) is 1. The first-order chi connectivity index (χ1) is 6.27. The van der Waals surface area contributed by atoms with Gasteiger partial charge in [-0.05, 0) is 25.2 Å². The Bertz CT molecular complexity index is 242. The number of rotatable bonds is 3. The molecular weight excluding hydrogens is 160 g/mol. The summed E-state index contributed by atoms with van der Waals surface area (Å²) in [4.78, 5) is 11.8. The number of hydrogen-bond acceptors (Lipinski definition) is 1. The van der Waals surface area contributed by atoms with Crippen LogP contribution >= 0.6 is 0 Å². The Balaban J connectivity index is 2.10. The van der Waals surface area contributed by atoms with Gasteiger partial charge in [0, 0.05) is 11.8 Å². The Morgan fingerprint density at radius 1 is 1.62 bits per heavy atom. The standard InChI is InChI=1S/C12H18O/c1-2-3-7-12-8-6-10(9-12)4-5-11(12)13/h6,8,10H,2-5,7,9H2,1H3. The third-order valence-corrected chi connectivity index (χ3v) is 3.59. The second-order valence-corrected chi connectivity index (χ2v) is 4.54. The normalized spacial score (nSPS) is 37.0. The van der Waals surface area contributed by atoms with Crippen molar-refractivity contribution in [3.8, 4) is 0 Å². The molecule has 0 spiro atoms. The molecular formula is C12H18O. The summed E-state index contributed by atoms with van der Waals surface area (Å²) >= 11 is 0. The van der Waals surface area contributed by atoms with Crippen molar-refractivity contribution in [2.75, 3.05) is 0 Å². The van der Waals surface area contributed by atoms with Gasteiger partial charge in [-0.1, -0.05) is 31.9 Å². The molecule has 2 aliphatic rings. The molecule has 2 aliphatic carbocycles. The molecule has 72 valence electrons. The van der Waals surface area contributed by atoms with Gasteiger partial charge in [0.2, 0.25) is 0 Å². The van der Waals surface area contributed by atoms with Gasteiger partial charge < -0.3 is 0 Å². The molecule has 0 aromatic heterocycles. The number of fused-ring (bicyclic) bond motifs is 2. The summed E-state index contributed by atoms with van der Waals surface area (Å²) in [6.45, 7) is 2.19. The van der Waals surface area contributed by atoms with Crippen molar-refractivity contribution < 1.29 is 4.79 Å². The lowest BCUT2D eigenvalue weighted by Crippen LogP contribution is -2.31. The van der Waals surface area contributed by atoms with E-state index in [4.69, 9.17) is 0 Å². The maximum atomic E-state index is 11.8. The zero-order chi connectivity index (χ0) is 9.31. The summed E-state index contributed by atoms with van der Waals surface area (Å²) < 4.78 is 0. The molecule has 0 aliphatic heterocycles.